The van der Waals surface area contributed by atoms with Gasteiger partial charge >= 0.3 is 6.09 Å². The van der Waals surface area contributed by atoms with Gasteiger partial charge in [-0.15, -0.1) is 0 Å². The van der Waals surface area contributed by atoms with Crippen molar-refractivity contribution in [2.24, 2.45) is 0 Å². The van der Waals surface area contributed by atoms with Crippen LogP contribution in [0.15, 0.2) is 24.5 Å². The maximum atomic E-state index is 12.0. The number of amides is 1. The van der Waals surface area contributed by atoms with E-state index in [1.165, 1.54) is 0 Å². The van der Waals surface area contributed by atoms with Crippen LogP contribution >= 0.6 is 0 Å². The minimum Gasteiger partial charge on any atom is -0.465 e. The summed E-state index contributed by atoms with van der Waals surface area (Å²) in [7, 11) is -1.18. The fourth-order valence-corrected chi connectivity index (χ4v) is 5.32. The van der Waals surface area contributed by atoms with Crippen molar-refractivity contribution in [2.75, 3.05) is 6.61 Å². The van der Waals surface area contributed by atoms with Gasteiger partial charge in [0.05, 0.1) is 0 Å². The van der Waals surface area contributed by atoms with E-state index in [9.17, 15) is 14.7 Å². The number of aromatic nitrogens is 2. The number of pyridine rings is 1. The van der Waals surface area contributed by atoms with Crippen LogP contribution in [0.4, 0.5) is 4.79 Å². The Kier molecular flexibility index (Phi) is 7.48. The second kappa shape index (κ2) is 9.81. The number of carbonyl (C=O) groups is 2. The average molecular weight is 472 g/mol. The highest BCUT2D eigenvalue weighted by atomic mass is 28.3. The zero-order valence-electron chi connectivity index (χ0n) is 20.7. The Morgan fingerprint density at radius 1 is 1.36 bits per heavy atom. The third-order valence-corrected chi connectivity index (χ3v) is 7.83. The zero-order chi connectivity index (χ0) is 24.4. The van der Waals surface area contributed by atoms with E-state index in [-0.39, 0.29) is 6.04 Å². The fraction of sp³-hybridized carbons (Fsp3) is 0.560. The van der Waals surface area contributed by atoms with E-state index in [1.54, 1.807) is 11.1 Å². The molecule has 180 valence electrons. The molecule has 0 saturated carbocycles. The van der Waals surface area contributed by atoms with Gasteiger partial charge < -0.3 is 19.3 Å². The smallest absolute Gasteiger partial charge is 0.407 e. The summed E-state index contributed by atoms with van der Waals surface area (Å²) in [6.07, 6.45) is 7.89. The van der Waals surface area contributed by atoms with Gasteiger partial charge in [-0.1, -0.05) is 25.7 Å². The number of ether oxygens (including phenoxy) is 1. The summed E-state index contributed by atoms with van der Waals surface area (Å²) in [5, 5.41) is 10.7. The standard InChI is InChI=1S/C25H37N3O4Si/c1-25(2,3)28(24(30)31)20-9-7-8-18(14-20)21-10-11-26-23-22(21)19(16-29)15-27(23)17-32-12-13-33(4,5)6/h8,10-11,15-16,20H,7,9,12-14,17H2,1-6H3,(H,30,31). The Balaban J connectivity index is 1.91. The number of fused-ring (bicyclic) bond motifs is 1. The summed E-state index contributed by atoms with van der Waals surface area (Å²) in [4.78, 5) is 30.1. The van der Waals surface area contributed by atoms with Gasteiger partial charge in [0, 0.05) is 49.6 Å². The van der Waals surface area contributed by atoms with Gasteiger partial charge in [0.15, 0.2) is 6.29 Å². The van der Waals surface area contributed by atoms with E-state index in [0.29, 0.717) is 25.3 Å². The zero-order valence-corrected chi connectivity index (χ0v) is 21.7. The number of allylic oxidation sites excluding steroid dienone is 1. The number of carboxylic acid groups (broad SMARTS) is 1. The van der Waals surface area contributed by atoms with Crippen LogP contribution in [0.1, 0.15) is 56.0 Å². The SMILES string of the molecule is CC(C)(C)N(C(=O)O)C1CCC=C(c2ccnc3c2c(C=O)cn3COCC[Si](C)(C)C)C1. The Bertz CT molecular complexity index is 1050. The molecule has 1 amide bonds. The first-order valence-corrected chi connectivity index (χ1v) is 15.4. The van der Waals surface area contributed by atoms with Gasteiger partial charge in [0.1, 0.15) is 12.4 Å². The molecule has 2 heterocycles. The molecule has 0 aromatic carbocycles. The van der Waals surface area contributed by atoms with Crippen LogP contribution in [0, 0.1) is 0 Å². The molecular weight excluding hydrogens is 434 g/mol. The fourth-order valence-electron chi connectivity index (χ4n) is 4.56. The summed E-state index contributed by atoms with van der Waals surface area (Å²) >= 11 is 0. The molecule has 1 aliphatic carbocycles. The molecule has 8 heteroatoms. The summed E-state index contributed by atoms with van der Waals surface area (Å²) in [5.41, 5.74) is 2.82. The number of nitrogens with zero attached hydrogens (tertiary/aromatic N) is 3. The molecule has 3 rings (SSSR count). The van der Waals surface area contributed by atoms with E-state index < -0.39 is 19.7 Å². The lowest BCUT2D eigenvalue weighted by Crippen LogP contribution is -2.51. The highest BCUT2D eigenvalue weighted by Gasteiger charge is 2.35. The Morgan fingerprint density at radius 3 is 2.70 bits per heavy atom. The Morgan fingerprint density at radius 2 is 2.09 bits per heavy atom. The van der Waals surface area contributed by atoms with Crippen molar-refractivity contribution in [3.05, 3.63) is 35.7 Å². The first-order chi connectivity index (χ1) is 15.4. The molecule has 2 aromatic heterocycles. The van der Waals surface area contributed by atoms with Crippen LogP contribution in [0.25, 0.3) is 16.6 Å². The monoisotopic (exact) mass is 471 g/mol. The summed E-state index contributed by atoms with van der Waals surface area (Å²) in [5.74, 6) is 0. The van der Waals surface area contributed by atoms with Crippen molar-refractivity contribution in [1.82, 2.24) is 14.5 Å². The maximum absolute atomic E-state index is 12.0. The summed E-state index contributed by atoms with van der Waals surface area (Å²) in [6, 6.07) is 2.90. The number of carbonyl (C=O) groups excluding carboxylic acids is 1. The van der Waals surface area contributed by atoms with E-state index in [1.807, 2.05) is 37.6 Å². The van der Waals surface area contributed by atoms with Crippen LogP contribution in [-0.2, 0) is 11.5 Å². The lowest BCUT2D eigenvalue weighted by atomic mass is 9.86. The first kappa shape index (κ1) is 25.2. The van der Waals surface area contributed by atoms with Crippen molar-refractivity contribution in [3.63, 3.8) is 0 Å². The van der Waals surface area contributed by atoms with Crippen molar-refractivity contribution >= 4 is 37.1 Å². The van der Waals surface area contributed by atoms with Crippen LogP contribution in [0.3, 0.4) is 0 Å². The van der Waals surface area contributed by atoms with E-state index in [2.05, 4.69) is 30.7 Å². The summed E-state index contributed by atoms with van der Waals surface area (Å²) < 4.78 is 7.81. The van der Waals surface area contributed by atoms with Gasteiger partial charge in [-0.3, -0.25) is 4.79 Å². The Labute approximate surface area is 197 Å². The second-order valence-corrected chi connectivity index (χ2v) is 16.7. The third kappa shape index (κ3) is 5.92. The largest absolute Gasteiger partial charge is 0.465 e. The van der Waals surface area contributed by atoms with Crippen LogP contribution in [0.2, 0.25) is 25.7 Å². The van der Waals surface area contributed by atoms with E-state index in [4.69, 9.17) is 4.74 Å². The molecule has 7 nitrogen and oxygen atoms in total. The van der Waals surface area contributed by atoms with Gasteiger partial charge in [0.25, 0.3) is 0 Å². The lowest BCUT2D eigenvalue weighted by Gasteiger charge is -2.41. The minimum absolute atomic E-state index is 0.114. The molecule has 0 bridgehead atoms. The molecule has 1 atom stereocenters. The van der Waals surface area contributed by atoms with Crippen molar-refractivity contribution in [3.8, 4) is 0 Å². The molecule has 33 heavy (non-hydrogen) atoms. The topological polar surface area (TPSA) is 84.7 Å². The normalized spacial score (nSPS) is 17.2. The molecule has 2 aromatic rings. The molecule has 1 N–H and O–H groups in total. The van der Waals surface area contributed by atoms with E-state index >= 15 is 0 Å². The number of hydrogen-bond donors (Lipinski definition) is 1. The van der Waals surface area contributed by atoms with Gasteiger partial charge in [-0.25, -0.2) is 9.78 Å². The van der Waals surface area contributed by atoms with Crippen LogP contribution < -0.4 is 0 Å². The Hall–Kier alpha value is -2.45. The molecule has 1 aliphatic rings. The molecule has 0 radical (unpaired) electrons. The average Bonchev–Trinajstić information content (AvgIpc) is 3.07. The number of rotatable bonds is 8. The molecular formula is C25H37N3O4Si. The predicted octanol–water partition coefficient (Wildman–Crippen LogP) is 5.88. The van der Waals surface area contributed by atoms with Crippen LogP contribution in [-0.4, -0.2) is 58.2 Å². The van der Waals surface area contributed by atoms with E-state index in [0.717, 1.165) is 47.3 Å². The molecule has 0 saturated heterocycles. The van der Waals surface area contributed by atoms with Gasteiger partial charge in [-0.05, 0) is 63.3 Å². The number of aldehydes is 1. The first-order valence-electron chi connectivity index (χ1n) is 11.6. The summed E-state index contributed by atoms with van der Waals surface area (Å²) in [6.45, 7) is 13.8. The highest BCUT2D eigenvalue weighted by Crippen LogP contribution is 2.36. The minimum atomic E-state index is -1.18. The number of hydrogen-bond acceptors (Lipinski definition) is 4. The maximum Gasteiger partial charge on any atom is 0.407 e. The van der Waals surface area contributed by atoms with Crippen molar-refractivity contribution < 1.29 is 19.4 Å². The third-order valence-electron chi connectivity index (χ3n) is 6.13. The highest BCUT2D eigenvalue weighted by molar-refractivity contribution is 6.76. The lowest BCUT2D eigenvalue weighted by molar-refractivity contribution is 0.0679. The van der Waals surface area contributed by atoms with Gasteiger partial charge in [-0.2, -0.15) is 0 Å². The molecule has 1 unspecified atom stereocenters. The second-order valence-electron chi connectivity index (χ2n) is 11.1. The van der Waals surface area contributed by atoms with Crippen molar-refractivity contribution in [2.45, 2.75) is 84.0 Å². The quantitative estimate of drug-likeness (QED) is 0.295. The molecule has 0 spiro atoms. The van der Waals surface area contributed by atoms with Crippen molar-refractivity contribution in [1.29, 1.82) is 0 Å². The molecule has 0 fully saturated rings. The van der Waals surface area contributed by atoms with Gasteiger partial charge in [0.2, 0.25) is 0 Å². The predicted molar refractivity (Wildman–Crippen MR) is 134 cm³/mol. The van der Waals surface area contributed by atoms with Crippen LogP contribution in [0.5, 0.6) is 0 Å². The molecule has 0 aliphatic heterocycles.